The molecule has 0 saturated carbocycles. The average Bonchev–Trinajstić information content (AvgIpc) is 2.74. The van der Waals surface area contributed by atoms with E-state index in [4.69, 9.17) is 4.52 Å². The van der Waals surface area contributed by atoms with Crippen LogP contribution < -0.4 is 5.32 Å². The first-order valence-corrected chi connectivity index (χ1v) is 7.43. The predicted molar refractivity (Wildman–Crippen MR) is 77.5 cm³/mol. The monoisotopic (exact) mass is 271 g/mol. The maximum absolute atomic E-state index is 5.42. The van der Waals surface area contributed by atoms with E-state index in [2.05, 4.69) is 34.5 Å². The van der Waals surface area contributed by atoms with Crippen molar-refractivity contribution in [2.24, 2.45) is 0 Å². The highest BCUT2D eigenvalue weighted by Gasteiger charge is 2.19. The second-order valence-electron chi connectivity index (χ2n) is 5.51. The molecule has 1 aliphatic rings. The van der Waals surface area contributed by atoms with Gasteiger partial charge in [0.05, 0.1) is 12.5 Å². The van der Waals surface area contributed by atoms with Crippen LogP contribution in [0.3, 0.4) is 0 Å². The fourth-order valence-corrected chi connectivity index (χ4v) is 2.70. The van der Waals surface area contributed by atoms with Gasteiger partial charge < -0.3 is 9.84 Å². The molecule has 20 heavy (non-hydrogen) atoms. The lowest BCUT2D eigenvalue weighted by atomic mass is 10.1. The molecule has 0 amide bonds. The first-order valence-electron chi connectivity index (χ1n) is 7.43. The minimum atomic E-state index is 0.256. The molecule has 2 aromatic rings. The van der Waals surface area contributed by atoms with Crippen molar-refractivity contribution in [1.82, 2.24) is 15.5 Å². The molecule has 1 aliphatic heterocycles. The lowest BCUT2D eigenvalue weighted by molar-refractivity contribution is 0.369. The highest BCUT2D eigenvalue weighted by molar-refractivity contribution is 5.27. The highest BCUT2D eigenvalue weighted by atomic mass is 16.5. The van der Waals surface area contributed by atoms with E-state index in [0.29, 0.717) is 12.3 Å². The van der Waals surface area contributed by atoms with Crippen LogP contribution in [0.5, 0.6) is 0 Å². The highest BCUT2D eigenvalue weighted by Crippen LogP contribution is 2.21. The topological polar surface area (TPSA) is 51.0 Å². The van der Waals surface area contributed by atoms with Crippen LogP contribution >= 0.6 is 0 Å². The van der Waals surface area contributed by atoms with Crippen molar-refractivity contribution in [1.29, 1.82) is 0 Å². The molecule has 0 spiro atoms. The summed E-state index contributed by atoms with van der Waals surface area (Å²) in [6.45, 7) is 3.16. The molecule has 3 rings (SSSR count). The lowest BCUT2D eigenvalue weighted by Crippen LogP contribution is -2.21. The summed E-state index contributed by atoms with van der Waals surface area (Å²) in [6.07, 6.45) is 5.58. The van der Waals surface area contributed by atoms with Gasteiger partial charge in [-0.2, -0.15) is 4.98 Å². The number of aryl methyl sites for hydroxylation is 1. The van der Waals surface area contributed by atoms with Gasteiger partial charge in [0.1, 0.15) is 0 Å². The fraction of sp³-hybridized carbons (Fsp3) is 0.500. The van der Waals surface area contributed by atoms with Crippen LogP contribution in [0.15, 0.2) is 28.8 Å². The normalized spacial score (nSPS) is 19.8. The van der Waals surface area contributed by atoms with Gasteiger partial charge >= 0.3 is 0 Å². The number of benzene rings is 1. The molecule has 0 aliphatic carbocycles. The molecule has 4 nitrogen and oxygen atoms in total. The maximum atomic E-state index is 5.42. The van der Waals surface area contributed by atoms with Crippen molar-refractivity contribution in [3.05, 3.63) is 47.1 Å². The maximum Gasteiger partial charge on any atom is 0.231 e. The van der Waals surface area contributed by atoms with Crippen molar-refractivity contribution in [2.75, 3.05) is 6.54 Å². The Kier molecular flexibility index (Phi) is 4.11. The van der Waals surface area contributed by atoms with Gasteiger partial charge in [-0.15, -0.1) is 0 Å². The number of hydrogen-bond acceptors (Lipinski definition) is 4. The SMILES string of the molecule is Cc1ccccc1Cc1nc(C2CCCCCN2)no1. The fourth-order valence-electron chi connectivity index (χ4n) is 2.70. The van der Waals surface area contributed by atoms with Gasteiger partial charge in [0.2, 0.25) is 5.89 Å². The summed E-state index contributed by atoms with van der Waals surface area (Å²) in [5, 5.41) is 7.66. The molecule has 4 heteroatoms. The molecule has 0 bridgehead atoms. The van der Waals surface area contributed by atoms with Gasteiger partial charge in [0, 0.05) is 0 Å². The summed E-state index contributed by atoms with van der Waals surface area (Å²) in [4.78, 5) is 4.57. The Hall–Kier alpha value is -1.68. The molecule has 1 atom stereocenters. The van der Waals surface area contributed by atoms with E-state index >= 15 is 0 Å². The first-order chi connectivity index (χ1) is 9.83. The number of nitrogens with zero attached hydrogens (tertiary/aromatic N) is 2. The molecule has 1 fully saturated rings. The summed E-state index contributed by atoms with van der Waals surface area (Å²) in [5.41, 5.74) is 2.51. The minimum absolute atomic E-state index is 0.256. The molecular weight excluding hydrogens is 250 g/mol. The standard InChI is InChI=1S/C16H21N3O/c1-12-7-4-5-8-13(12)11-15-18-16(19-20-15)14-9-3-2-6-10-17-14/h4-5,7-8,14,17H,2-3,6,9-11H2,1H3. The van der Waals surface area contributed by atoms with Crippen LogP contribution in [-0.4, -0.2) is 16.7 Å². The smallest absolute Gasteiger partial charge is 0.231 e. The zero-order valence-corrected chi connectivity index (χ0v) is 11.9. The predicted octanol–water partition coefficient (Wildman–Crippen LogP) is 3.17. The van der Waals surface area contributed by atoms with Gasteiger partial charge in [-0.05, 0) is 37.4 Å². The minimum Gasteiger partial charge on any atom is -0.339 e. The van der Waals surface area contributed by atoms with Gasteiger partial charge in [0.15, 0.2) is 5.82 Å². The number of hydrogen-bond donors (Lipinski definition) is 1. The second kappa shape index (κ2) is 6.18. The lowest BCUT2D eigenvalue weighted by Gasteiger charge is -2.09. The van der Waals surface area contributed by atoms with Crippen molar-refractivity contribution >= 4 is 0 Å². The van der Waals surface area contributed by atoms with Crippen molar-refractivity contribution in [3.63, 3.8) is 0 Å². The molecule has 1 N–H and O–H groups in total. The molecule has 1 aromatic carbocycles. The van der Waals surface area contributed by atoms with Gasteiger partial charge in [-0.3, -0.25) is 0 Å². The van der Waals surface area contributed by atoms with E-state index in [-0.39, 0.29) is 6.04 Å². The number of aromatic nitrogens is 2. The molecule has 1 saturated heterocycles. The van der Waals surface area contributed by atoms with Crippen LogP contribution in [0.1, 0.15) is 54.6 Å². The Morgan fingerprint density at radius 1 is 1.25 bits per heavy atom. The van der Waals surface area contributed by atoms with Gasteiger partial charge in [-0.25, -0.2) is 0 Å². The van der Waals surface area contributed by atoms with Gasteiger partial charge in [-0.1, -0.05) is 42.3 Å². The van der Waals surface area contributed by atoms with E-state index < -0.39 is 0 Å². The van der Waals surface area contributed by atoms with Crippen LogP contribution in [0.2, 0.25) is 0 Å². The summed E-state index contributed by atoms with van der Waals surface area (Å²) in [7, 11) is 0. The van der Waals surface area contributed by atoms with Crippen LogP contribution in [-0.2, 0) is 6.42 Å². The van der Waals surface area contributed by atoms with Gasteiger partial charge in [0.25, 0.3) is 0 Å². The third-order valence-electron chi connectivity index (χ3n) is 3.96. The van der Waals surface area contributed by atoms with Crippen molar-refractivity contribution in [3.8, 4) is 0 Å². The summed E-state index contributed by atoms with van der Waals surface area (Å²) >= 11 is 0. The Labute approximate surface area is 119 Å². The van der Waals surface area contributed by atoms with E-state index in [9.17, 15) is 0 Å². The average molecular weight is 271 g/mol. The van der Waals surface area contributed by atoms with Crippen LogP contribution in [0.25, 0.3) is 0 Å². The van der Waals surface area contributed by atoms with E-state index in [1.54, 1.807) is 0 Å². The Morgan fingerprint density at radius 2 is 2.15 bits per heavy atom. The third-order valence-corrected chi connectivity index (χ3v) is 3.96. The van der Waals surface area contributed by atoms with Crippen LogP contribution in [0, 0.1) is 6.92 Å². The zero-order chi connectivity index (χ0) is 13.8. The largest absolute Gasteiger partial charge is 0.339 e. The Balaban J connectivity index is 1.71. The molecule has 0 radical (unpaired) electrons. The Bertz CT molecular complexity index is 556. The molecule has 1 aromatic heterocycles. The third kappa shape index (κ3) is 3.07. The number of rotatable bonds is 3. The van der Waals surface area contributed by atoms with E-state index in [1.165, 1.54) is 30.4 Å². The van der Waals surface area contributed by atoms with E-state index in [0.717, 1.165) is 18.8 Å². The Morgan fingerprint density at radius 3 is 3.05 bits per heavy atom. The summed E-state index contributed by atoms with van der Waals surface area (Å²) in [6, 6.07) is 8.58. The molecule has 1 unspecified atom stereocenters. The molecule has 2 heterocycles. The second-order valence-corrected chi connectivity index (χ2v) is 5.51. The molecule has 106 valence electrons. The molecular formula is C16H21N3O. The zero-order valence-electron chi connectivity index (χ0n) is 11.9. The quantitative estimate of drug-likeness (QED) is 0.931. The number of nitrogens with one attached hydrogen (secondary N) is 1. The van der Waals surface area contributed by atoms with E-state index in [1.807, 2.05) is 12.1 Å². The summed E-state index contributed by atoms with van der Waals surface area (Å²) < 4.78 is 5.42. The van der Waals surface area contributed by atoms with Crippen molar-refractivity contribution in [2.45, 2.75) is 45.1 Å². The van der Waals surface area contributed by atoms with Crippen molar-refractivity contribution < 1.29 is 4.52 Å². The summed E-state index contributed by atoms with van der Waals surface area (Å²) in [5.74, 6) is 1.52. The van der Waals surface area contributed by atoms with Crippen LogP contribution in [0.4, 0.5) is 0 Å². The first kappa shape index (κ1) is 13.3.